The second kappa shape index (κ2) is 4.52. The van der Waals surface area contributed by atoms with E-state index >= 15 is 0 Å². The van der Waals surface area contributed by atoms with Crippen LogP contribution in [-0.2, 0) is 0 Å². The van der Waals surface area contributed by atoms with Crippen LogP contribution in [0.1, 0.15) is 37.3 Å². The molecule has 0 aromatic heterocycles. The van der Waals surface area contributed by atoms with E-state index in [1.54, 1.807) is 0 Å². The van der Waals surface area contributed by atoms with E-state index in [2.05, 4.69) is 56.8 Å². The van der Waals surface area contributed by atoms with E-state index < -0.39 is 0 Å². The zero-order chi connectivity index (χ0) is 11.5. The number of hydrogen-bond donors (Lipinski definition) is 0. The van der Waals surface area contributed by atoms with Gasteiger partial charge in [0.25, 0.3) is 0 Å². The van der Waals surface area contributed by atoms with E-state index in [4.69, 9.17) is 0 Å². The fourth-order valence-electron chi connectivity index (χ4n) is 2.37. The van der Waals surface area contributed by atoms with Crippen LogP contribution in [0, 0.1) is 0 Å². The summed E-state index contributed by atoms with van der Waals surface area (Å²) in [5.74, 6) is 0.505. The highest BCUT2D eigenvalue weighted by Gasteiger charge is 2.23. The van der Waals surface area contributed by atoms with Gasteiger partial charge in [-0.3, -0.25) is 0 Å². The van der Waals surface area contributed by atoms with Crippen molar-refractivity contribution in [3.05, 3.63) is 65.3 Å². The van der Waals surface area contributed by atoms with Crippen LogP contribution in [0.2, 0.25) is 0 Å². The monoisotopic (exact) mass is 210 g/mol. The Hall–Kier alpha value is -1.56. The fourth-order valence-corrected chi connectivity index (χ4v) is 2.37. The van der Waals surface area contributed by atoms with Crippen LogP contribution in [0.3, 0.4) is 0 Å². The lowest BCUT2D eigenvalue weighted by Gasteiger charge is -2.15. The van der Waals surface area contributed by atoms with Crippen molar-refractivity contribution >= 4 is 6.08 Å². The van der Waals surface area contributed by atoms with Crippen LogP contribution in [-0.4, -0.2) is 0 Å². The van der Waals surface area contributed by atoms with Crippen molar-refractivity contribution in [2.45, 2.75) is 26.2 Å². The minimum atomic E-state index is 0.505. The minimum absolute atomic E-state index is 0.505. The van der Waals surface area contributed by atoms with Crippen LogP contribution in [0.15, 0.2) is 54.1 Å². The van der Waals surface area contributed by atoms with Gasteiger partial charge >= 0.3 is 0 Å². The van der Waals surface area contributed by atoms with Crippen LogP contribution in [0.4, 0.5) is 0 Å². The maximum Gasteiger partial charge on any atom is 0.0132 e. The predicted octanol–water partition coefficient (Wildman–Crippen LogP) is 4.71. The molecular formula is C16H18. The Kier molecular flexibility index (Phi) is 3.09. The molecule has 0 spiro atoms. The summed E-state index contributed by atoms with van der Waals surface area (Å²) in [6.07, 6.45) is 7.55. The van der Waals surface area contributed by atoms with Gasteiger partial charge in [0, 0.05) is 5.92 Å². The molecule has 1 aliphatic carbocycles. The summed E-state index contributed by atoms with van der Waals surface area (Å²) in [7, 11) is 0. The lowest BCUT2D eigenvalue weighted by Crippen LogP contribution is -1.98. The van der Waals surface area contributed by atoms with Crippen molar-refractivity contribution in [1.82, 2.24) is 0 Å². The SMILES string of the molecule is C=CCC1C(/C(C)=C/C)=Cc2ccccc21. The van der Waals surface area contributed by atoms with E-state index in [1.807, 2.05) is 6.08 Å². The molecule has 0 heterocycles. The fraction of sp³-hybridized carbons (Fsp3) is 0.250. The summed E-state index contributed by atoms with van der Waals surface area (Å²) < 4.78 is 0. The van der Waals surface area contributed by atoms with Crippen LogP contribution in [0.25, 0.3) is 6.08 Å². The quantitative estimate of drug-likeness (QED) is 0.634. The number of hydrogen-bond acceptors (Lipinski definition) is 0. The maximum absolute atomic E-state index is 3.87. The molecule has 0 bridgehead atoms. The molecular weight excluding hydrogens is 192 g/mol. The highest BCUT2D eigenvalue weighted by molar-refractivity contribution is 5.70. The number of allylic oxidation sites excluding steroid dienone is 4. The van der Waals surface area contributed by atoms with Gasteiger partial charge in [-0.25, -0.2) is 0 Å². The van der Waals surface area contributed by atoms with Crippen LogP contribution in [0.5, 0.6) is 0 Å². The van der Waals surface area contributed by atoms with Crippen molar-refractivity contribution in [2.75, 3.05) is 0 Å². The van der Waals surface area contributed by atoms with Crippen molar-refractivity contribution in [3.63, 3.8) is 0 Å². The molecule has 0 saturated heterocycles. The third kappa shape index (κ3) is 1.76. The number of fused-ring (bicyclic) bond motifs is 1. The summed E-state index contributed by atoms with van der Waals surface area (Å²) in [6.45, 7) is 8.16. The first kappa shape index (κ1) is 10.9. The summed E-state index contributed by atoms with van der Waals surface area (Å²) in [5, 5.41) is 0. The molecule has 16 heavy (non-hydrogen) atoms. The molecule has 2 rings (SSSR count). The van der Waals surface area contributed by atoms with Gasteiger partial charge in [0.05, 0.1) is 0 Å². The third-order valence-electron chi connectivity index (χ3n) is 3.35. The third-order valence-corrected chi connectivity index (χ3v) is 3.35. The van der Waals surface area contributed by atoms with Crippen LogP contribution < -0.4 is 0 Å². The first-order valence-corrected chi connectivity index (χ1v) is 5.82. The lowest BCUT2D eigenvalue weighted by molar-refractivity contribution is 0.836. The largest absolute Gasteiger partial charge is 0.103 e. The molecule has 1 unspecified atom stereocenters. The molecule has 0 aliphatic heterocycles. The smallest absolute Gasteiger partial charge is 0.0132 e. The Morgan fingerprint density at radius 3 is 2.81 bits per heavy atom. The Morgan fingerprint density at radius 1 is 1.38 bits per heavy atom. The summed E-state index contributed by atoms with van der Waals surface area (Å²) in [5.41, 5.74) is 5.64. The Morgan fingerprint density at radius 2 is 2.12 bits per heavy atom. The maximum atomic E-state index is 3.87. The second-order valence-electron chi connectivity index (χ2n) is 4.28. The Bertz CT molecular complexity index is 461. The number of benzene rings is 1. The Balaban J connectivity index is 2.46. The van der Waals surface area contributed by atoms with E-state index in [9.17, 15) is 0 Å². The minimum Gasteiger partial charge on any atom is -0.103 e. The molecule has 82 valence electrons. The van der Waals surface area contributed by atoms with Crippen molar-refractivity contribution in [2.24, 2.45) is 0 Å². The molecule has 1 atom stereocenters. The Labute approximate surface area is 98.0 Å². The van der Waals surface area contributed by atoms with Gasteiger partial charge in [-0.1, -0.05) is 48.1 Å². The normalized spacial score (nSPS) is 19.2. The highest BCUT2D eigenvalue weighted by atomic mass is 14.3. The molecule has 0 fully saturated rings. The topological polar surface area (TPSA) is 0 Å². The summed E-state index contributed by atoms with van der Waals surface area (Å²) >= 11 is 0. The van der Waals surface area contributed by atoms with Crippen molar-refractivity contribution < 1.29 is 0 Å². The number of rotatable bonds is 3. The molecule has 0 amide bonds. The zero-order valence-electron chi connectivity index (χ0n) is 10.0. The molecule has 1 aromatic rings. The first-order chi connectivity index (χ1) is 7.77. The van der Waals surface area contributed by atoms with Gasteiger partial charge in [-0.2, -0.15) is 0 Å². The van der Waals surface area contributed by atoms with E-state index in [0.717, 1.165) is 6.42 Å². The lowest BCUT2D eigenvalue weighted by atomic mass is 9.89. The highest BCUT2D eigenvalue weighted by Crippen LogP contribution is 2.41. The molecule has 0 heteroatoms. The molecule has 0 radical (unpaired) electrons. The van der Waals surface area contributed by atoms with Gasteiger partial charge in [0.2, 0.25) is 0 Å². The first-order valence-electron chi connectivity index (χ1n) is 5.82. The molecule has 0 nitrogen and oxygen atoms in total. The second-order valence-corrected chi connectivity index (χ2v) is 4.28. The molecule has 0 saturated carbocycles. The average molecular weight is 210 g/mol. The average Bonchev–Trinajstić information content (AvgIpc) is 2.68. The van der Waals surface area contributed by atoms with E-state index in [1.165, 1.54) is 22.3 Å². The molecule has 0 N–H and O–H groups in total. The molecule has 1 aromatic carbocycles. The van der Waals surface area contributed by atoms with Crippen molar-refractivity contribution in [3.8, 4) is 0 Å². The summed E-state index contributed by atoms with van der Waals surface area (Å²) in [4.78, 5) is 0. The van der Waals surface area contributed by atoms with Gasteiger partial charge in [0.1, 0.15) is 0 Å². The van der Waals surface area contributed by atoms with Gasteiger partial charge in [0.15, 0.2) is 0 Å². The van der Waals surface area contributed by atoms with Gasteiger partial charge < -0.3 is 0 Å². The zero-order valence-corrected chi connectivity index (χ0v) is 10.0. The van der Waals surface area contributed by atoms with Crippen molar-refractivity contribution in [1.29, 1.82) is 0 Å². The van der Waals surface area contributed by atoms with Gasteiger partial charge in [-0.05, 0) is 37.0 Å². The predicted molar refractivity (Wildman–Crippen MR) is 71.4 cm³/mol. The molecule has 1 aliphatic rings. The van der Waals surface area contributed by atoms with E-state index in [0.29, 0.717) is 5.92 Å². The van der Waals surface area contributed by atoms with E-state index in [-0.39, 0.29) is 0 Å². The summed E-state index contributed by atoms with van der Waals surface area (Å²) in [6, 6.07) is 8.65. The standard InChI is InChI=1S/C16H18/c1-4-8-15-14-10-7-6-9-13(14)11-16(15)12(3)5-2/h4-7,9-11,15H,1,8H2,2-3H3/b12-5+. The van der Waals surface area contributed by atoms with Crippen LogP contribution >= 0.6 is 0 Å². The van der Waals surface area contributed by atoms with Gasteiger partial charge in [-0.15, -0.1) is 6.58 Å².